The summed E-state index contributed by atoms with van der Waals surface area (Å²) in [6, 6.07) is 12.3. The molecule has 2 aromatic carbocycles. The molecule has 2 aromatic rings. The van der Waals surface area contributed by atoms with E-state index in [4.69, 9.17) is 9.47 Å². The maximum atomic E-state index is 13.0. The van der Waals surface area contributed by atoms with Gasteiger partial charge in [-0.2, -0.15) is 0 Å². The number of phenolic OH excluding ortho intramolecular Hbond substituents is 1. The van der Waals surface area contributed by atoms with Crippen LogP contribution >= 0.6 is 0 Å². The molecule has 7 heteroatoms. The first-order chi connectivity index (χ1) is 15.3. The second-order valence-corrected chi connectivity index (χ2v) is 7.82. The minimum atomic E-state index is -0.773. The van der Waals surface area contributed by atoms with E-state index in [-0.39, 0.29) is 23.2 Å². The van der Waals surface area contributed by atoms with Crippen LogP contribution in [0.25, 0.3) is 5.76 Å². The number of hydrogen-bond acceptors (Lipinski definition) is 6. The lowest BCUT2D eigenvalue weighted by atomic mass is 9.95. The lowest BCUT2D eigenvalue weighted by Gasteiger charge is -2.25. The summed E-state index contributed by atoms with van der Waals surface area (Å²) in [4.78, 5) is 27.4. The van der Waals surface area contributed by atoms with Crippen molar-refractivity contribution in [2.75, 3.05) is 19.8 Å². The highest BCUT2D eigenvalue weighted by molar-refractivity contribution is 6.46. The largest absolute Gasteiger partial charge is 0.508 e. The smallest absolute Gasteiger partial charge is 0.295 e. The summed E-state index contributed by atoms with van der Waals surface area (Å²) in [6.07, 6.45) is 0.607. The van der Waals surface area contributed by atoms with E-state index in [1.807, 2.05) is 20.8 Å². The van der Waals surface area contributed by atoms with Crippen LogP contribution in [-0.2, 0) is 14.3 Å². The van der Waals surface area contributed by atoms with Crippen LogP contribution in [0.1, 0.15) is 44.4 Å². The van der Waals surface area contributed by atoms with E-state index in [0.29, 0.717) is 43.1 Å². The van der Waals surface area contributed by atoms with Gasteiger partial charge in [0.05, 0.1) is 24.3 Å². The van der Waals surface area contributed by atoms with E-state index in [9.17, 15) is 19.8 Å². The van der Waals surface area contributed by atoms with Gasteiger partial charge in [0, 0.05) is 18.7 Å². The van der Waals surface area contributed by atoms with E-state index in [0.717, 1.165) is 0 Å². The monoisotopic (exact) mass is 439 g/mol. The molecule has 1 fully saturated rings. The lowest BCUT2D eigenvalue weighted by molar-refractivity contribution is -0.140. The van der Waals surface area contributed by atoms with E-state index < -0.39 is 17.7 Å². The predicted molar refractivity (Wildman–Crippen MR) is 120 cm³/mol. The minimum Gasteiger partial charge on any atom is -0.508 e. The Labute approximate surface area is 187 Å². The molecule has 0 bridgehead atoms. The summed E-state index contributed by atoms with van der Waals surface area (Å²) in [5.41, 5.74) is 1.02. The SMILES string of the molecule is CCOc1cccc(/C(O)=C2/C(=O)C(=O)N(CCCOC(C)C)C2c2ccc(O)cc2)c1. The summed E-state index contributed by atoms with van der Waals surface area (Å²) >= 11 is 0. The Bertz CT molecular complexity index is 996. The lowest BCUT2D eigenvalue weighted by Crippen LogP contribution is -2.31. The number of likely N-dealkylation sites (tertiary alicyclic amines) is 1. The van der Waals surface area contributed by atoms with Crippen LogP contribution in [0.4, 0.5) is 0 Å². The van der Waals surface area contributed by atoms with Gasteiger partial charge in [-0.1, -0.05) is 24.3 Å². The molecule has 7 nitrogen and oxygen atoms in total. The van der Waals surface area contributed by atoms with E-state index in [2.05, 4.69) is 0 Å². The predicted octanol–water partition coefficient (Wildman–Crippen LogP) is 4.03. The number of hydrogen-bond donors (Lipinski definition) is 2. The second kappa shape index (κ2) is 10.3. The zero-order chi connectivity index (χ0) is 23.3. The summed E-state index contributed by atoms with van der Waals surface area (Å²) in [5, 5.41) is 20.8. The van der Waals surface area contributed by atoms with Crippen LogP contribution in [0.3, 0.4) is 0 Å². The number of aliphatic hydroxyl groups excluding tert-OH is 1. The van der Waals surface area contributed by atoms with Gasteiger partial charge in [0.2, 0.25) is 0 Å². The van der Waals surface area contributed by atoms with Crippen molar-refractivity contribution in [3.8, 4) is 11.5 Å². The molecule has 3 rings (SSSR count). The fourth-order valence-corrected chi connectivity index (χ4v) is 3.72. The quantitative estimate of drug-likeness (QED) is 0.265. The van der Waals surface area contributed by atoms with Crippen molar-refractivity contribution in [3.63, 3.8) is 0 Å². The van der Waals surface area contributed by atoms with Crippen molar-refractivity contribution in [3.05, 3.63) is 65.2 Å². The molecule has 0 spiro atoms. The Balaban J connectivity index is 2.03. The fraction of sp³-hybridized carbons (Fsp3) is 0.360. The van der Waals surface area contributed by atoms with Crippen LogP contribution in [0, 0.1) is 0 Å². The Morgan fingerprint density at radius 2 is 1.84 bits per heavy atom. The number of aromatic hydroxyl groups is 1. The molecule has 1 amide bonds. The molecule has 2 N–H and O–H groups in total. The third-order valence-corrected chi connectivity index (χ3v) is 5.16. The zero-order valence-electron chi connectivity index (χ0n) is 18.6. The highest BCUT2D eigenvalue weighted by Crippen LogP contribution is 2.40. The molecule has 1 saturated heterocycles. The topological polar surface area (TPSA) is 96.3 Å². The fourth-order valence-electron chi connectivity index (χ4n) is 3.72. The van der Waals surface area contributed by atoms with Crippen LogP contribution in [0.5, 0.6) is 11.5 Å². The summed E-state index contributed by atoms with van der Waals surface area (Å²) < 4.78 is 11.1. The first-order valence-corrected chi connectivity index (χ1v) is 10.8. The first kappa shape index (κ1) is 23.3. The van der Waals surface area contributed by atoms with Gasteiger partial charge in [0.15, 0.2) is 0 Å². The van der Waals surface area contributed by atoms with Crippen LogP contribution < -0.4 is 4.74 Å². The van der Waals surface area contributed by atoms with Gasteiger partial charge in [-0.3, -0.25) is 9.59 Å². The number of phenols is 1. The van der Waals surface area contributed by atoms with Gasteiger partial charge in [0.25, 0.3) is 11.7 Å². The van der Waals surface area contributed by atoms with Gasteiger partial charge < -0.3 is 24.6 Å². The standard InChI is InChI=1S/C25H29NO6/c1-4-31-20-8-5-7-18(15-20)23(28)21-22(17-9-11-19(27)12-10-17)26(25(30)24(21)29)13-6-14-32-16(2)3/h5,7-12,15-16,22,27-28H,4,6,13-14H2,1-3H3/b23-21-. The summed E-state index contributed by atoms with van der Waals surface area (Å²) in [6.45, 7) is 6.91. The van der Waals surface area contributed by atoms with Gasteiger partial charge >= 0.3 is 0 Å². The number of aliphatic hydroxyl groups is 1. The molecule has 170 valence electrons. The molecular formula is C25H29NO6. The number of ether oxygens (including phenoxy) is 2. The molecule has 32 heavy (non-hydrogen) atoms. The van der Waals surface area contributed by atoms with Crippen LogP contribution in [-0.4, -0.2) is 52.7 Å². The molecule has 1 heterocycles. The average Bonchev–Trinajstić information content (AvgIpc) is 3.02. The maximum absolute atomic E-state index is 13.0. The molecule has 0 saturated carbocycles. The number of ketones is 1. The van der Waals surface area contributed by atoms with Crippen molar-refractivity contribution < 1.29 is 29.3 Å². The molecule has 1 atom stereocenters. The number of nitrogens with zero attached hydrogens (tertiary/aromatic N) is 1. The Morgan fingerprint density at radius 3 is 2.50 bits per heavy atom. The van der Waals surface area contributed by atoms with Crippen LogP contribution in [0.15, 0.2) is 54.1 Å². The molecule has 0 aromatic heterocycles. The second-order valence-electron chi connectivity index (χ2n) is 7.82. The molecule has 1 unspecified atom stereocenters. The van der Waals surface area contributed by atoms with E-state index in [1.54, 1.807) is 36.4 Å². The Hall–Kier alpha value is -3.32. The molecule has 1 aliphatic rings. The number of rotatable bonds is 9. The number of carbonyl (C=O) groups is 2. The molecule has 0 aliphatic carbocycles. The van der Waals surface area contributed by atoms with Gasteiger partial charge in [-0.25, -0.2) is 0 Å². The van der Waals surface area contributed by atoms with Crippen molar-refractivity contribution in [1.82, 2.24) is 4.90 Å². The minimum absolute atomic E-state index is 0.0131. The van der Waals surface area contributed by atoms with Gasteiger partial charge in [-0.05, 0) is 57.0 Å². The number of benzene rings is 2. The number of Topliss-reactive ketones (excluding diaryl/α,β-unsaturated/α-hetero) is 1. The Morgan fingerprint density at radius 1 is 1.12 bits per heavy atom. The third-order valence-electron chi connectivity index (χ3n) is 5.16. The first-order valence-electron chi connectivity index (χ1n) is 10.8. The van der Waals surface area contributed by atoms with Crippen LogP contribution in [0.2, 0.25) is 0 Å². The van der Waals surface area contributed by atoms with E-state index >= 15 is 0 Å². The van der Waals surface area contributed by atoms with Crippen molar-refractivity contribution in [1.29, 1.82) is 0 Å². The number of carbonyl (C=O) groups excluding carboxylic acids is 2. The van der Waals surface area contributed by atoms with Crippen molar-refractivity contribution in [2.45, 2.75) is 39.3 Å². The number of amides is 1. The molecular weight excluding hydrogens is 410 g/mol. The zero-order valence-corrected chi connectivity index (χ0v) is 18.6. The maximum Gasteiger partial charge on any atom is 0.295 e. The highest BCUT2D eigenvalue weighted by atomic mass is 16.5. The highest BCUT2D eigenvalue weighted by Gasteiger charge is 2.45. The van der Waals surface area contributed by atoms with Gasteiger partial charge in [-0.15, -0.1) is 0 Å². The van der Waals surface area contributed by atoms with E-state index in [1.165, 1.54) is 17.0 Å². The molecule has 0 radical (unpaired) electrons. The van der Waals surface area contributed by atoms with Gasteiger partial charge in [0.1, 0.15) is 17.3 Å². The van der Waals surface area contributed by atoms with Crippen molar-refractivity contribution in [2.24, 2.45) is 0 Å². The normalized spacial score (nSPS) is 17.9. The average molecular weight is 440 g/mol. The third kappa shape index (κ3) is 5.11. The molecule has 1 aliphatic heterocycles. The van der Waals surface area contributed by atoms with Crippen molar-refractivity contribution >= 4 is 17.4 Å². The summed E-state index contributed by atoms with van der Waals surface area (Å²) in [5.74, 6) is -1.05. The summed E-state index contributed by atoms with van der Waals surface area (Å²) in [7, 11) is 0. The Kier molecular flexibility index (Phi) is 7.53.